The van der Waals surface area contributed by atoms with Crippen molar-refractivity contribution in [1.82, 2.24) is 14.9 Å². The molecule has 0 bridgehead atoms. The molecule has 0 unspecified atom stereocenters. The van der Waals surface area contributed by atoms with Gasteiger partial charge in [0.15, 0.2) is 0 Å². The number of methoxy groups -OCH3 is 1. The summed E-state index contributed by atoms with van der Waals surface area (Å²) in [5.41, 5.74) is 4.25. The highest BCUT2D eigenvalue weighted by Crippen LogP contribution is 2.28. The summed E-state index contributed by atoms with van der Waals surface area (Å²) in [6.45, 7) is 11.3. The number of nitrogens with zero attached hydrogens (tertiary/aromatic N) is 3. The molecule has 0 saturated carbocycles. The van der Waals surface area contributed by atoms with Gasteiger partial charge in [-0.25, -0.2) is 4.79 Å². The third-order valence-corrected chi connectivity index (χ3v) is 5.13. The molecule has 7 heteroatoms. The Morgan fingerprint density at radius 3 is 2.39 bits per heavy atom. The van der Waals surface area contributed by atoms with Gasteiger partial charge >= 0.3 is 6.09 Å². The average molecular weight is 444 g/mol. The average Bonchev–Trinajstić information content (AvgIpc) is 2.75. The predicted molar refractivity (Wildman–Crippen MR) is 126 cm³/mol. The normalized spacial score (nSPS) is 13.7. The number of amides is 1. The van der Waals surface area contributed by atoms with Crippen LogP contribution in [0.4, 0.5) is 4.79 Å². The van der Waals surface area contributed by atoms with E-state index in [1.807, 2.05) is 18.2 Å². The van der Waals surface area contributed by atoms with Crippen LogP contribution in [0.2, 0.25) is 5.02 Å². The minimum Gasteiger partial charge on any atom is -0.495 e. The number of ether oxygens (including phenoxy) is 1. The molecule has 6 nitrogen and oxygen atoms in total. The fourth-order valence-electron chi connectivity index (χ4n) is 3.14. The second kappa shape index (κ2) is 11.0. The van der Waals surface area contributed by atoms with Crippen LogP contribution in [0.15, 0.2) is 42.7 Å². The maximum absolute atomic E-state index is 10.7. The molecule has 1 fully saturated rings. The quantitative estimate of drug-likeness (QED) is 0.636. The molecule has 166 valence electrons. The molecular formula is C24H30ClN3O3. The van der Waals surface area contributed by atoms with Crippen molar-refractivity contribution in [2.75, 3.05) is 20.2 Å². The largest absolute Gasteiger partial charge is 0.495 e. The van der Waals surface area contributed by atoms with Gasteiger partial charge in [-0.1, -0.05) is 44.5 Å². The van der Waals surface area contributed by atoms with Crippen LogP contribution >= 0.6 is 11.6 Å². The van der Waals surface area contributed by atoms with Gasteiger partial charge in [0.2, 0.25) is 0 Å². The van der Waals surface area contributed by atoms with E-state index in [-0.39, 0.29) is 5.41 Å². The Kier molecular flexibility index (Phi) is 8.63. The summed E-state index contributed by atoms with van der Waals surface area (Å²) < 4.78 is 5.15. The van der Waals surface area contributed by atoms with Crippen LogP contribution in [0.25, 0.3) is 12.2 Å². The minimum atomic E-state index is -0.839. The number of likely N-dealkylation sites (tertiary alicyclic amines) is 1. The van der Waals surface area contributed by atoms with Crippen molar-refractivity contribution in [2.24, 2.45) is 0 Å². The highest BCUT2D eigenvalue weighted by Gasteiger charge is 2.19. The van der Waals surface area contributed by atoms with E-state index in [4.69, 9.17) is 21.4 Å². The van der Waals surface area contributed by atoms with Crippen LogP contribution < -0.4 is 4.74 Å². The standard InChI is InChI=1S/C12H13ClN2O2.C12H17NO/c13-10-1-2-11(14-8-10)7-9-3-5-15(6-4-9)12(16)17;1-6-11-10(12(2,3)4)7-9(14-5)8-13-11/h1-2,7-8H,3-6H2,(H,16,17);6-8H,1H2,2-5H3. The van der Waals surface area contributed by atoms with Gasteiger partial charge < -0.3 is 14.7 Å². The molecule has 1 N–H and O–H groups in total. The summed E-state index contributed by atoms with van der Waals surface area (Å²) in [7, 11) is 1.65. The van der Waals surface area contributed by atoms with E-state index >= 15 is 0 Å². The number of hydrogen-bond donors (Lipinski definition) is 1. The fourth-order valence-corrected chi connectivity index (χ4v) is 3.25. The second-order valence-electron chi connectivity index (χ2n) is 8.24. The van der Waals surface area contributed by atoms with E-state index < -0.39 is 6.09 Å². The fraction of sp³-hybridized carbons (Fsp3) is 0.375. The SMILES string of the molecule is C=Cc1ncc(OC)cc1C(C)(C)C.O=C(O)N1CCC(=Cc2ccc(Cl)cn2)CC1. The first-order valence-electron chi connectivity index (χ1n) is 10.1. The Morgan fingerprint density at radius 1 is 1.23 bits per heavy atom. The summed E-state index contributed by atoms with van der Waals surface area (Å²) in [4.78, 5) is 20.7. The van der Waals surface area contributed by atoms with Crippen molar-refractivity contribution in [1.29, 1.82) is 0 Å². The van der Waals surface area contributed by atoms with Crippen molar-refractivity contribution in [3.63, 3.8) is 0 Å². The van der Waals surface area contributed by atoms with Gasteiger partial charge in [-0.3, -0.25) is 9.97 Å². The van der Waals surface area contributed by atoms with Crippen LogP contribution in [0.3, 0.4) is 0 Å². The highest BCUT2D eigenvalue weighted by molar-refractivity contribution is 6.30. The van der Waals surface area contributed by atoms with Crippen LogP contribution in [0.5, 0.6) is 5.75 Å². The van der Waals surface area contributed by atoms with E-state index in [0.717, 1.165) is 35.5 Å². The molecule has 1 aliphatic rings. The van der Waals surface area contributed by atoms with E-state index in [9.17, 15) is 4.79 Å². The molecule has 31 heavy (non-hydrogen) atoms. The van der Waals surface area contributed by atoms with Crippen molar-refractivity contribution >= 4 is 29.8 Å². The molecular weight excluding hydrogens is 414 g/mol. The molecule has 3 heterocycles. The number of hydrogen-bond acceptors (Lipinski definition) is 4. The summed E-state index contributed by atoms with van der Waals surface area (Å²) in [6, 6.07) is 5.68. The van der Waals surface area contributed by atoms with E-state index in [1.54, 1.807) is 31.6 Å². The van der Waals surface area contributed by atoms with Gasteiger partial charge in [-0.2, -0.15) is 0 Å². The first-order valence-corrected chi connectivity index (χ1v) is 10.5. The predicted octanol–water partition coefficient (Wildman–Crippen LogP) is 5.92. The zero-order chi connectivity index (χ0) is 23.0. The molecule has 0 radical (unpaired) electrons. The van der Waals surface area contributed by atoms with Crippen molar-refractivity contribution in [2.45, 2.75) is 39.0 Å². The number of halogens is 1. The number of piperidine rings is 1. The van der Waals surface area contributed by atoms with E-state index in [0.29, 0.717) is 18.1 Å². The van der Waals surface area contributed by atoms with Crippen LogP contribution in [-0.2, 0) is 5.41 Å². The van der Waals surface area contributed by atoms with Gasteiger partial charge in [0, 0.05) is 19.3 Å². The van der Waals surface area contributed by atoms with Gasteiger partial charge in [0.25, 0.3) is 0 Å². The van der Waals surface area contributed by atoms with Crippen molar-refractivity contribution < 1.29 is 14.6 Å². The first-order chi connectivity index (χ1) is 14.6. The number of carbonyl (C=O) groups is 1. The Balaban J connectivity index is 0.000000225. The number of carboxylic acid groups (broad SMARTS) is 1. The molecule has 3 rings (SSSR count). The molecule has 2 aromatic rings. The van der Waals surface area contributed by atoms with E-state index in [1.165, 1.54) is 10.5 Å². The Hall–Kier alpha value is -2.86. The molecule has 1 amide bonds. The highest BCUT2D eigenvalue weighted by atomic mass is 35.5. The number of pyridine rings is 2. The van der Waals surface area contributed by atoms with Gasteiger partial charge in [0.05, 0.1) is 29.7 Å². The summed E-state index contributed by atoms with van der Waals surface area (Å²) in [5, 5.41) is 9.44. The Bertz CT molecular complexity index is 924. The third-order valence-electron chi connectivity index (χ3n) is 4.91. The topological polar surface area (TPSA) is 75.6 Å². The lowest BCUT2D eigenvalue weighted by Gasteiger charge is -2.25. The maximum atomic E-state index is 10.7. The third kappa shape index (κ3) is 7.40. The van der Waals surface area contributed by atoms with Crippen LogP contribution in [0.1, 0.15) is 50.6 Å². The lowest BCUT2D eigenvalue weighted by molar-refractivity contribution is 0.142. The number of rotatable bonds is 3. The Morgan fingerprint density at radius 2 is 1.90 bits per heavy atom. The molecule has 1 saturated heterocycles. The van der Waals surface area contributed by atoms with Crippen LogP contribution in [-0.4, -0.2) is 46.3 Å². The van der Waals surface area contributed by atoms with Gasteiger partial charge in [0.1, 0.15) is 5.75 Å². The monoisotopic (exact) mass is 443 g/mol. The smallest absolute Gasteiger partial charge is 0.407 e. The second-order valence-corrected chi connectivity index (χ2v) is 8.67. The summed E-state index contributed by atoms with van der Waals surface area (Å²) >= 11 is 5.75. The molecule has 0 aliphatic carbocycles. The zero-order valence-electron chi connectivity index (χ0n) is 18.6. The lowest BCUT2D eigenvalue weighted by Crippen LogP contribution is -2.35. The minimum absolute atomic E-state index is 0.0606. The molecule has 0 atom stereocenters. The van der Waals surface area contributed by atoms with Crippen molar-refractivity contribution in [3.8, 4) is 5.75 Å². The molecule has 0 spiro atoms. The van der Waals surface area contributed by atoms with E-state index in [2.05, 4.69) is 37.3 Å². The lowest BCUT2D eigenvalue weighted by atomic mass is 9.85. The van der Waals surface area contributed by atoms with Crippen LogP contribution in [0, 0.1) is 0 Å². The van der Waals surface area contributed by atoms with Crippen molar-refractivity contribution in [3.05, 3.63) is 64.7 Å². The summed E-state index contributed by atoms with van der Waals surface area (Å²) in [6.07, 6.45) is 7.82. The Labute approximate surface area is 189 Å². The maximum Gasteiger partial charge on any atom is 0.407 e. The van der Waals surface area contributed by atoms with Gasteiger partial charge in [-0.05, 0) is 54.2 Å². The molecule has 2 aromatic heterocycles. The molecule has 0 aromatic carbocycles. The zero-order valence-corrected chi connectivity index (χ0v) is 19.3. The number of aromatic nitrogens is 2. The van der Waals surface area contributed by atoms with Gasteiger partial charge in [-0.15, -0.1) is 0 Å². The summed E-state index contributed by atoms with van der Waals surface area (Å²) in [5.74, 6) is 0.792. The first kappa shape index (κ1) is 24.4. The molecule has 1 aliphatic heterocycles.